The fraction of sp³-hybridized carbons (Fsp3) is 0.200. The molecule has 0 aliphatic heterocycles. The summed E-state index contributed by atoms with van der Waals surface area (Å²) < 4.78 is 16.2. The highest BCUT2D eigenvalue weighted by molar-refractivity contribution is 9.10. The van der Waals surface area contributed by atoms with E-state index in [2.05, 4.69) is 36.8 Å². The smallest absolute Gasteiger partial charge is 0.251 e. The summed E-state index contributed by atoms with van der Waals surface area (Å²) in [4.78, 5) is 24.5. The molecule has 7 nitrogen and oxygen atoms in total. The van der Waals surface area contributed by atoms with Crippen LogP contribution in [0.5, 0.6) is 0 Å². The predicted octanol–water partition coefficient (Wildman–Crippen LogP) is 3.94. The van der Waals surface area contributed by atoms with Gasteiger partial charge in [0.15, 0.2) is 11.0 Å². The Balaban J connectivity index is 1.58. The third-order valence-corrected chi connectivity index (χ3v) is 5.69. The van der Waals surface area contributed by atoms with Crippen molar-refractivity contribution in [2.75, 3.05) is 11.1 Å². The number of aromatic nitrogens is 3. The van der Waals surface area contributed by atoms with Crippen molar-refractivity contribution in [2.24, 2.45) is 7.05 Å². The molecule has 0 saturated heterocycles. The first-order valence-electron chi connectivity index (χ1n) is 8.98. The molecule has 0 fully saturated rings. The molecule has 10 heteroatoms. The van der Waals surface area contributed by atoms with Gasteiger partial charge in [0.1, 0.15) is 5.82 Å². The van der Waals surface area contributed by atoms with Crippen molar-refractivity contribution in [3.8, 4) is 0 Å². The van der Waals surface area contributed by atoms with E-state index in [0.717, 1.165) is 0 Å². The highest BCUT2D eigenvalue weighted by Gasteiger charge is 2.19. The van der Waals surface area contributed by atoms with Gasteiger partial charge in [-0.3, -0.25) is 9.59 Å². The standard InChI is InChI=1S/C20H19BrFN5O2S/c1-12(23-19(29)13-6-4-3-5-7-13)18-25-26-20(27(18)2)30-11-17(28)24-16-9-8-14(21)10-15(16)22/h3-10,12H,11H2,1-2H3,(H,23,29)(H,24,28)/t12-/m0/s1. The van der Waals surface area contributed by atoms with Crippen LogP contribution in [0.15, 0.2) is 58.2 Å². The maximum atomic E-state index is 13.8. The summed E-state index contributed by atoms with van der Waals surface area (Å²) in [5.41, 5.74) is 0.665. The maximum absolute atomic E-state index is 13.8. The van der Waals surface area contributed by atoms with Crippen LogP contribution in [0.1, 0.15) is 29.1 Å². The number of nitrogens with zero attached hydrogens (tertiary/aromatic N) is 3. The number of hydrogen-bond acceptors (Lipinski definition) is 5. The van der Waals surface area contributed by atoms with Gasteiger partial charge in [0.25, 0.3) is 5.91 Å². The van der Waals surface area contributed by atoms with Gasteiger partial charge in [-0.25, -0.2) is 4.39 Å². The third kappa shape index (κ3) is 5.45. The summed E-state index contributed by atoms with van der Waals surface area (Å²) in [6.45, 7) is 1.81. The Labute approximate surface area is 185 Å². The lowest BCUT2D eigenvalue weighted by molar-refractivity contribution is -0.113. The van der Waals surface area contributed by atoms with Crippen molar-refractivity contribution in [1.82, 2.24) is 20.1 Å². The molecule has 1 heterocycles. The summed E-state index contributed by atoms with van der Waals surface area (Å²) in [6, 6.07) is 12.9. The fourth-order valence-corrected chi connectivity index (χ4v) is 3.72. The highest BCUT2D eigenvalue weighted by atomic mass is 79.9. The molecular weight excluding hydrogens is 473 g/mol. The third-order valence-electron chi connectivity index (χ3n) is 4.18. The van der Waals surface area contributed by atoms with Gasteiger partial charge < -0.3 is 15.2 Å². The van der Waals surface area contributed by atoms with Crippen LogP contribution in [0.4, 0.5) is 10.1 Å². The Morgan fingerprint density at radius 3 is 2.63 bits per heavy atom. The van der Waals surface area contributed by atoms with Crippen LogP contribution in [0.3, 0.4) is 0 Å². The first kappa shape index (κ1) is 22.0. The van der Waals surface area contributed by atoms with E-state index in [9.17, 15) is 14.0 Å². The van der Waals surface area contributed by atoms with Crippen molar-refractivity contribution in [2.45, 2.75) is 18.1 Å². The number of anilines is 1. The minimum Gasteiger partial charge on any atom is -0.342 e. The van der Waals surface area contributed by atoms with Crippen molar-refractivity contribution in [3.63, 3.8) is 0 Å². The van der Waals surface area contributed by atoms with Crippen LogP contribution in [0, 0.1) is 5.82 Å². The van der Waals surface area contributed by atoms with E-state index in [0.29, 0.717) is 21.0 Å². The molecule has 2 N–H and O–H groups in total. The second-order valence-electron chi connectivity index (χ2n) is 6.42. The van der Waals surface area contributed by atoms with Gasteiger partial charge in [-0.15, -0.1) is 10.2 Å². The molecule has 2 aromatic carbocycles. The van der Waals surface area contributed by atoms with Gasteiger partial charge in [0.05, 0.1) is 17.5 Å². The van der Waals surface area contributed by atoms with Crippen molar-refractivity contribution < 1.29 is 14.0 Å². The lowest BCUT2D eigenvalue weighted by Crippen LogP contribution is -2.28. The van der Waals surface area contributed by atoms with Crippen LogP contribution in [0.2, 0.25) is 0 Å². The molecule has 2 amide bonds. The SMILES string of the molecule is C[C@H](NC(=O)c1ccccc1)c1nnc(SCC(=O)Nc2ccc(Br)cc2F)n1C. The Morgan fingerprint density at radius 2 is 1.93 bits per heavy atom. The highest BCUT2D eigenvalue weighted by Crippen LogP contribution is 2.22. The van der Waals surface area contributed by atoms with Gasteiger partial charge in [-0.1, -0.05) is 45.9 Å². The summed E-state index contributed by atoms with van der Waals surface area (Å²) >= 11 is 4.34. The molecule has 156 valence electrons. The molecule has 0 spiro atoms. The molecular formula is C20H19BrFN5O2S. The summed E-state index contributed by atoms with van der Waals surface area (Å²) in [7, 11) is 1.76. The molecule has 3 aromatic rings. The van der Waals surface area contributed by atoms with Crippen LogP contribution in [-0.2, 0) is 11.8 Å². The van der Waals surface area contributed by atoms with Crippen LogP contribution in [0.25, 0.3) is 0 Å². The fourth-order valence-electron chi connectivity index (χ4n) is 2.67. The van der Waals surface area contributed by atoms with E-state index in [1.807, 2.05) is 13.0 Å². The largest absolute Gasteiger partial charge is 0.342 e. The number of nitrogens with one attached hydrogen (secondary N) is 2. The molecule has 0 unspecified atom stereocenters. The molecule has 30 heavy (non-hydrogen) atoms. The monoisotopic (exact) mass is 491 g/mol. The normalized spacial score (nSPS) is 11.7. The van der Waals surface area contributed by atoms with Gasteiger partial charge in [-0.05, 0) is 37.3 Å². The Bertz CT molecular complexity index is 1060. The lowest BCUT2D eigenvalue weighted by Gasteiger charge is -2.13. The number of carbonyl (C=O) groups excluding carboxylic acids is 2. The molecule has 0 radical (unpaired) electrons. The second-order valence-corrected chi connectivity index (χ2v) is 8.28. The average molecular weight is 492 g/mol. The summed E-state index contributed by atoms with van der Waals surface area (Å²) in [5, 5.41) is 14.1. The quantitative estimate of drug-likeness (QED) is 0.488. The van der Waals surface area contributed by atoms with Gasteiger partial charge in [0, 0.05) is 17.1 Å². The molecule has 3 rings (SSSR count). The van der Waals surface area contributed by atoms with E-state index in [-0.39, 0.29) is 29.3 Å². The second kappa shape index (κ2) is 9.86. The summed E-state index contributed by atoms with van der Waals surface area (Å²) in [6.07, 6.45) is 0. The lowest BCUT2D eigenvalue weighted by atomic mass is 10.2. The zero-order valence-electron chi connectivity index (χ0n) is 16.2. The number of rotatable bonds is 7. The molecule has 0 aliphatic rings. The van der Waals surface area contributed by atoms with E-state index < -0.39 is 5.82 Å². The Kier molecular flexibility index (Phi) is 7.22. The molecule has 1 aromatic heterocycles. The number of benzene rings is 2. The first-order valence-corrected chi connectivity index (χ1v) is 10.8. The predicted molar refractivity (Wildman–Crippen MR) is 117 cm³/mol. The number of thioether (sulfide) groups is 1. The van der Waals surface area contributed by atoms with Crippen LogP contribution in [-0.4, -0.2) is 32.3 Å². The Morgan fingerprint density at radius 1 is 1.20 bits per heavy atom. The molecule has 0 aliphatic carbocycles. The van der Waals surface area contributed by atoms with E-state index in [4.69, 9.17) is 0 Å². The van der Waals surface area contributed by atoms with Crippen molar-refractivity contribution in [1.29, 1.82) is 0 Å². The van der Waals surface area contributed by atoms with Gasteiger partial charge >= 0.3 is 0 Å². The number of amides is 2. The van der Waals surface area contributed by atoms with E-state index >= 15 is 0 Å². The minimum absolute atomic E-state index is 0.0340. The van der Waals surface area contributed by atoms with Crippen LogP contribution < -0.4 is 10.6 Å². The van der Waals surface area contributed by atoms with E-state index in [1.165, 1.54) is 23.9 Å². The number of hydrogen-bond donors (Lipinski definition) is 2. The number of halogens is 2. The molecule has 0 saturated carbocycles. The zero-order chi connectivity index (χ0) is 21.7. The van der Waals surface area contributed by atoms with Crippen molar-refractivity contribution >= 4 is 45.2 Å². The molecule has 0 bridgehead atoms. The van der Waals surface area contributed by atoms with Crippen LogP contribution >= 0.6 is 27.7 Å². The zero-order valence-corrected chi connectivity index (χ0v) is 18.6. The topological polar surface area (TPSA) is 88.9 Å². The van der Waals surface area contributed by atoms with Gasteiger partial charge in [0.2, 0.25) is 5.91 Å². The summed E-state index contributed by atoms with van der Waals surface area (Å²) in [5.74, 6) is -0.508. The van der Waals surface area contributed by atoms with Crippen molar-refractivity contribution in [3.05, 3.63) is 70.2 Å². The van der Waals surface area contributed by atoms with Gasteiger partial charge in [-0.2, -0.15) is 0 Å². The maximum Gasteiger partial charge on any atom is 0.251 e. The Hall–Kier alpha value is -2.72. The number of carbonyl (C=O) groups is 2. The minimum atomic E-state index is -0.522. The average Bonchev–Trinajstić information content (AvgIpc) is 3.09. The van der Waals surface area contributed by atoms with E-state index in [1.54, 1.807) is 41.9 Å². The molecule has 1 atom stereocenters. The first-order chi connectivity index (χ1) is 14.3.